The Morgan fingerprint density at radius 3 is 2.79 bits per heavy atom. The van der Waals surface area contributed by atoms with Gasteiger partial charge >= 0.3 is 0 Å². The first-order chi connectivity index (χ1) is 11.6. The van der Waals surface area contributed by atoms with Crippen molar-refractivity contribution in [1.82, 2.24) is 14.8 Å². The van der Waals surface area contributed by atoms with Crippen molar-refractivity contribution in [3.8, 4) is 0 Å². The van der Waals surface area contributed by atoms with E-state index in [-0.39, 0.29) is 11.4 Å². The predicted octanol–water partition coefficient (Wildman–Crippen LogP) is 3.25. The molecule has 5 heteroatoms. The van der Waals surface area contributed by atoms with Crippen LogP contribution in [0, 0.1) is 13.8 Å². The number of hydrogen-bond acceptors (Lipinski definition) is 4. The molecule has 0 saturated carbocycles. The lowest BCUT2D eigenvalue weighted by Crippen LogP contribution is -2.60. The van der Waals surface area contributed by atoms with E-state index in [1.165, 1.54) is 12.1 Å². The Kier molecular flexibility index (Phi) is 3.93. The fourth-order valence-corrected chi connectivity index (χ4v) is 4.57. The molecule has 2 fully saturated rings. The average Bonchev–Trinajstić information content (AvgIpc) is 3.19. The number of carbonyl (C=O) groups excluding carboxylic acids is 1. The van der Waals surface area contributed by atoms with Crippen LogP contribution in [0.3, 0.4) is 0 Å². The van der Waals surface area contributed by atoms with Crippen molar-refractivity contribution >= 4 is 17.2 Å². The lowest BCUT2D eigenvalue weighted by Gasteiger charge is -2.50. The molecule has 0 radical (unpaired) electrons. The van der Waals surface area contributed by atoms with Crippen LogP contribution in [0.5, 0.6) is 0 Å². The zero-order valence-electron chi connectivity index (χ0n) is 14.3. The highest BCUT2D eigenvalue weighted by Gasteiger charge is 2.50. The SMILES string of the molecule is Cc1cccc(C(=O)N2CCC3(CCN3Cc3csc(C)n3)C2)c1. The maximum Gasteiger partial charge on any atom is 0.253 e. The van der Waals surface area contributed by atoms with Crippen molar-refractivity contribution in [2.45, 2.75) is 38.8 Å². The molecule has 1 spiro atoms. The van der Waals surface area contributed by atoms with Crippen molar-refractivity contribution in [3.05, 3.63) is 51.5 Å². The summed E-state index contributed by atoms with van der Waals surface area (Å²) in [5.74, 6) is 0.173. The summed E-state index contributed by atoms with van der Waals surface area (Å²) in [4.78, 5) is 21.9. The van der Waals surface area contributed by atoms with Crippen molar-refractivity contribution in [2.75, 3.05) is 19.6 Å². The predicted molar refractivity (Wildman–Crippen MR) is 96.3 cm³/mol. The van der Waals surface area contributed by atoms with Gasteiger partial charge in [-0.05, 0) is 38.8 Å². The number of aryl methyl sites for hydroxylation is 2. The summed E-state index contributed by atoms with van der Waals surface area (Å²) in [6.45, 7) is 7.83. The van der Waals surface area contributed by atoms with E-state index < -0.39 is 0 Å². The van der Waals surface area contributed by atoms with Gasteiger partial charge in [-0.3, -0.25) is 9.69 Å². The highest BCUT2D eigenvalue weighted by Crippen LogP contribution is 2.40. The topological polar surface area (TPSA) is 36.4 Å². The number of hydrogen-bond donors (Lipinski definition) is 0. The second-order valence-corrected chi connectivity index (χ2v) is 8.16. The molecule has 1 atom stereocenters. The molecule has 24 heavy (non-hydrogen) atoms. The number of thiazole rings is 1. The molecular formula is C19H23N3OS. The first kappa shape index (κ1) is 15.8. The van der Waals surface area contributed by atoms with Crippen molar-refractivity contribution < 1.29 is 4.79 Å². The first-order valence-electron chi connectivity index (χ1n) is 8.58. The molecule has 0 aliphatic carbocycles. The second kappa shape index (κ2) is 5.97. The molecule has 126 valence electrons. The molecule has 1 unspecified atom stereocenters. The molecule has 1 aromatic heterocycles. The van der Waals surface area contributed by atoms with Crippen LogP contribution in [0.25, 0.3) is 0 Å². The van der Waals surface area contributed by atoms with E-state index in [4.69, 9.17) is 0 Å². The van der Waals surface area contributed by atoms with Gasteiger partial charge in [0.2, 0.25) is 0 Å². The Bertz CT molecular complexity index is 771. The standard InChI is InChI=1S/C19H23N3OS/c1-14-4-3-5-16(10-14)18(23)21-8-6-19(13-21)7-9-22(19)11-17-12-24-15(2)20-17/h3-5,10,12H,6-9,11,13H2,1-2H3. The van der Waals surface area contributed by atoms with Gasteiger partial charge in [0.05, 0.1) is 10.7 Å². The lowest BCUT2D eigenvalue weighted by molar-refractivity contribution is -0.0139. The number of nitrogens with zero attached hydrogens (tertiary/aromatic N) is 3. The number of aromatic nitrogens is 1. The van der Waals surface area contributed by atoms with Crippen LogP contribution in [-0.2, 0) is 6.54 Å². The van der Waals surface area contributed by atoms with Gasteiger partial charge in [0.25, 0.3) is 5.91 Å². The van der Waals surface area contributed by atoms with Gasteiger partial charge in [-0.25, -0.2) is 4.98 Å². The van der Waals surface area contributed by atoms with E-state index >= 15 is 0 Å². The minimum atomic E-state index is 0.173. The summed E-state index contributed by atoms with van der Waals surface area (Å²) in [7, 11) is 0. The van der Waals surface area contributed by atoms with Gasteiger partial charge in [0.15, 0.2) is 0 Å². The monoisotopic (exact) mass is 341 g/mol. The van der Waals surface area contributed by atoms with Crippen LogP contribution >= 0.6 is 11.3 Å². The maximum atomic E-state index is 12.8. The third-order valence-corrected chi connectivity index (χ3v) is 6.24. The minimum absolute atomic E-state index is 0.173. The largest absolute Gasteiger partial charge is 0.337 e. The summed E-state index contributed by atoms with van der Waals surface area (Å²) >= 11 is 1.71. The van der Waals surface area contributed by atoms with Crippen LogP contribution in [0.15, 0.2) is 29.6 Å². The molecule has 4 nitrogen and oxygen atoms in total. The summed E-state index contributed by atoms with van der Waals surface area (Å²) in [6.07, 6.45) is 2.27. The van der Waals surface area contributed by atoms with Crippen LogP contribution in [0.1, 0.15) is 39.5 Å². The summed E-state index contributed by atoms with van der Waals surface area (Å²) in [5, 5.41) is 3.29. The molecule has 4 rings (SSSR count). The summed E-state index contributed by atoms with van der Waals surface area (Å²) < 4.78 is 0. The quantitative estimate of drug-likeness (QED) is 0.860. The molecule has 0 bridgehead atoms. The summed E-state index contributed by atoms with van der Waals surface area (Å²) in [5.41, 5.74) is 3.30. The molecule has 3 heterocycles. The zero-order chi connectivity index (χ0) is 16.7. The number of benzene rings is 1. The molecule has 2 aromatic rings. The number of rotatable bonds is 3. The highest BCUT2D eigenvalue weighted by atomic mass is 32.1. The van der Waals surface area contributed by atoms with E-state index in [1.54, 1.807) is 11.3 Å². The molecule has 2 aliphatic heterocycles. The third kappa shape index (κ3) is 2.76. The molecule has 1 aromatic carbocycles. The molecule has 0 N–H and O–H groups in total. The van der Waals surface area contributed by atoms with Gasteiger partial charge < -0.3 is 4.90 Å². The summed E-state index contributed by atoms with van der Waals surface area (Å²) in [6, 6.07) is 7.92. The Morgan fingerprint density at radius 1 is 1.29 bits per heavy atom. The van der Waals surface area contributed by atoms with E-state index in [0.717, 1.165) is 48.7 Å². The van der Waals surface area contributed by atoms with E-state index in [9.17, 15) is 4.79 Å². The van der Waals surface area contributed by atoms with Gasteiger partial charge in [-0.2, -0.15) is 0 Å². The molecule has 2 saturated heterocycles. The zero-order valence-corrected chi connectivity index (χ0v) is 15.1. The molecule has 1 amide bonds. The normalized spacial score (nSPS) is 23.7. The Morgan fingerprint density at radius 2 is 2.12 bits per heavy atom. The van der Waals surface area contributed by atoms with Crippen molar-refractivity contribution in [3.63, 3.8) is 0 Å². The van der Waals surface area contributed by atoms with Crippen LogP contribution in [0.2, 0.25) is 0 Å². The average molecular weight is 341 g/mol. The number of amides is 1. The molecular weight excluding hydrogens is 318 g/mol. The fraction of sp³-hybridized carbons (Fsp3) is 0.474. The van der Waals surface area contributed by atoms with Crippen LogP contribution in [-0.4, -0.2) is 45.9 Å². The second-order valence-electron chi connectivity index (χ2n) is 7.10. The smallest absolute Gasteiger partial charge is 0.253 e. The van der Waals surface area contributed by atoms with Gasteiger partial charge in [0.1, 0.15) is 0 Å². The van der Waals surface area contributed by atoms with E-state index in [1.807, 2.05) is 36.1 Å². The van der Waals surface area contributed by atoms with E-state index in [0.29, 0.717) is 0 Å². The van der Waals surface area contributed by atoms with Crippen LogP contribution < -0.4 is 0 Å². The number of carbonyl (C=O) groups is 1. The van der Waals surface area contributed by atoms with Gasteiger partial charge in [0, 0.05) is 42.7 Å². The third-order valence-electron chi connectivity index (χ3n) is 5.42. The minimum Gasteiger partial charge on any atom is -0.337 e. The Balaban J connectivity index is 1.44. The van der Waals surface area contributed by atoms with Gasteiger partial charge in [-0.1, -0.05) is 17.7 Å². The first-order valence-corrected chi connectivity index (χ1v) is 9.46. The fourth-order valence-electron chi connectivity index (χ4n) is 3.96. The molecule has 2 aliphatic rings. The van der Waals surface area contributed by atoms with Gasteiger partial charge in [-0.15, -0.1) is 11.3 Å². The van der Waals surface area contributed by atoms with E-state index in [2.05, 4.69) is 22.2 Å². The van der Waals surface area contributed by atoms with Crippen molar-refractivity contribution in [2.24, 2.45) is 0 Å². The lowest BCUT2D eigenvalue weighted by atomic mass is 9.83. The maximum absolute atomic E-state index is 12.8. The number of likely N-dealkylation sites (tertiary alicyclic amines) is 2. The Hall–Kier alpha value is -1.72. The highest BCUT2D eigenvalue weighted by molar-refractivity contribution is 7.09. The van der Waals surface area contributed by atoms with Crippen molar-refractivity contribution in [1.29, 1.82) is 0 Å². The van der Waals surface area contributed by atoms with Crippen LogP contribution in [0.4, 0.5) is 0 Å². The Labute approximate surface area is 147 Å².